The average Bonchev–Trinajstić information content (AvgIpc) is 2.95. The van der Waals surface area contributed by atoms with Crippen LogP contribution in [0.3, 0.4) is 0 Å². The van der Waals surface area contributed by atoms with E-state index in [1.54, 1.807) is 18.6 Å². The lowest BCUT2D eigenvalue weighted by atomic mass is 9.91. The molecule has 8 heteroatoms. The average molecular weight is 372 g/mol. The Bertz CT molecular complexity index is 970. The molecule has 3 heterocycles. The number of hydrogen-bond acceptors (Lipinski definition) is 5. The van der Waals surface area contributed by atoms with Crippen LogP contribution in [0.15, 0.2) is 30.7 Å². The summed E-state index contributed by atoms with van der Waals surface area (Å²) in [6.07, 6.45) is 7.40. The number of anilines is 1. The standard InChI is InChI=1S/C18H18ClN5O2/c1-23(18-21-8-11(19)9-22-18)12-4-5-14-13(7-12)17-15(3-2-6-20-17)24(14)10-16(25)26/h2-3,6,8-9,12H,4-5,7,10H2,1H3,(H,25,26)/t12-/m0/s1. The van der Waals surface area contributed by atoms with Crippen molar-refractivity contribution in [3.63, 3.8) is 0 Å². The van der Waals surface area contributed by atoms with Crippen molar-refractivity contribution >= 4 is 34.6 Å². The molecule has 0 bridgehead atoms. The van der Waals surface area contributed by atoms with Crippen molar-refractivity contribution in [2.45, 2.75) is 31.8 Å². The maximum atomic E-state index is 11.3. The lowest BCUT2D eigenvalue weighted by Gasteiger charge is -2.31. The molecule has 4 rings (SSSR count). The van der Waals surface area contributed by atoms with Crippen LogP contribution in [0.25, 0.3) is 11.0 Å². The van der Waals surface area contributed by atoms with Crippen LogP contribution in [0.4, 0.5) is 5.95 Å². The topological polar surface area (TPSA) is 84.1 Å². The van der Waals surface area contributed by atoms with Crippen LogP contribution in [-0.2, 0) is 24.2 Å². The van der Waals surface area contributed by atoms with Gasteiger partial charge >= 0.3 is 5.97 Å². The predicted molar refractivity (Wildman–Crippen MR) is 98.6 cm³/mol. The maximum absolute atomic E-state index is 11.3. The van der Waals surface area contributed by atoms with Gasteiger partial charge in [-0.2, -0.15) is 0 Å². The van der Waals surface area contributed by atoms with Crippen molar-refractivity contribution in [1.29, 1.82) is 0 Å². The summed E-state index contributed by atoms with van der Waals surface area (Å²) in [5, 5.41) is 9.79. The SMILES string of the molecule is CN(c1ncc(Cl)cn1)[C@H]1CCc2c(c3ncccc3n2CC(=O)O)C1. The van der Waals surface area contributed by atoms with E-state index in [2.05, 4.69) is 19.9 Å². The summed E-state index contributed by atoms with van der Waals surface area (Å²) in [6.45, 7) is -0.0433. The van der Waals surface area contributed by atoms with E-state index in [0.29, 0.717) is 11.0 Å². The maximum Gasteiger partial charge on any atom is 0.323 e. The summed E-state index contributed by atoms with van der Waals surface area (Å²) >= 11 is 5.88. The van der Waals surface area contributed by atoms with E-state index in [-0.39, 0.29) is 12.6 Å². The first-order valence-corrected chi connectivity index (χ1v) is 8.79. The van der Waals surface area contributed by atoms with E-state index in [1.807, 2.05) is 23.7 Å². The highest BCUT2D eigenvalue weighted by Crippen LogP contribution is 2.33. The Morgan fingerprint density at radius 3 is 2.88 bits per heavy atom. The van der Waals surface area contributed by atoms with Crippen LogP contribution in [0.2, 0.25) is 5.02 Å². The molecule has 0 aliphatic heterocycles. The number of aliphatic carboxylic acids is 1. The molecule has 3 aromatic rings. The molecule has 0 spiro atoms. The first-order chi connectivity index (χ1) is 12.5. The van der Waals surface area contributed by atoms with Crippen molar-refractivity contribution in [1.82, 2.24) is 19.5 Å². The first kappa shape index (κ1) is 16.8. The summed E-state index contributed by atoms with van der Waals surface area (Å²) in [7, 11) is 1.97. The van der Waals surface area contributed by atoms with E-state index in [9.17, 15) is 9.90 Å². The van der Waals surface area contributed by atoms with Gasteiger partial charge in [0.2, 0.25) is 5.95 Å². The Kier molecular flexibility index (Phi) is 4.24. The highest BCUT2D eigenvalue weighted by atomic mass is 35.5. The highest BCUT2D eigenvalue weighted by molar-refractivity contribution is 6.30. The van der Waals surface area contributed by atoms with Crippen LogP contribution in [0.5, 0.6) is 0 Å². The number of fused-ring (bicyclic) bond motifs is 3. The summed E-state index contributed by atoms with van der Waals surface area (Å²) in [6, 6.07) is 4.00. The minimum atomic E-state index is -0.845. The molecular formula is C18H18ClN5O2. The Morgan fingerprint density at radius 2 is 2.15 bits per heavy atom. The number of aromatic nitrogens is 4. The van der Waals surface area contributed by atoms with E-state index in [0.717, 1.165) is 41.6 Å². The number of carboxylic acid groups (broad SMARTS) is 1. The summed E-state index contributed by atoms with van der Waals surface area (Å²) in [4.78, 5) is 26.5. The van der Waals surface area contributed by atoms with Gasteiger partial charge in [0.1, 0.15) is 6.54 Å². The molecular weight excluding hydrogens is 354 g/mol. The van der Waals surface area contributed by atoms with Crippen molar-refractivity contribution in [3.05, 3.63) is 47.0 Å². The largest absolute Gasteiger partial charge is 0.480 e. The zero-order valence-electron chi connectivity index (χ0n) is 14.3. The summed E-state index contributed by atoms with van der Waals surface area (Å²) < 4.78 is 1.88. The number of hydrogen-bond donors (Lipinski definition) is 1. The van der Waals surface area contributed by atoms with E-state index < -0.39 is 5.97 Å². The van der Waals surface area contributed by atoms with Crippen LogP contribution in [-0.4, -0.2) is 43.7 Å². The van der Waals surface area contributed by atoms with Gasteiger partial charge in [0, 0.05) is 30.5 Å². The lowest BCUT2D eigenvalue weighted by Crippen LogP contribution is -2.37. The number of carbonyl (C=O) groups is 1. The second kappa shape index (κ2) is 6.57. The fourth-order valence-corrected chi connectivity index (χ4v) is 3.83. The summed E-state index contributed by atoms with van der Waals surface area (Å²) in [5.41, 5.74) is 3.96. The molecule has 0 unspecified atom stereocenters. The van der Waals surface area contributed by atoms with Gasteiger partial charge in [-0.15, -0.1) is 0 Å². The third kappa shape index (κ3) is 2.88. The van der Waals surface area contributed by atoms with Crippen LogP contribution in [0.1, 0.15) is 17.7 Å². The summed E-state index contributed by atoms with van der Waals surface area (Å²) in [5.74, 6) is -0.215. The number of rotatable bonds is 4. The van der Waals surface area contributed by atoms with Crippen LogP contribution < -0.4 is 4.90 Å². The molecule has 134 valence electrons. The molecule has 0 radical (unpaired) electrons. The second-order valence-corrected chi connectivity index (χ2v) is 6.92. The van der Waals surface area contributed by atoms with Crippen molar-refractivity contribution in [2.24, 2.45) is 0 Å². The zero-order valence-corrected chi connectivity index (χ0v) is 15.0. The molecule has 7 nitrogen and oxygen atoms in total. The van der Waals surface area contributed by atoms with E-state index in [1.165, 1.54) is 0 Å². The van der Waals surface area contributed by atoms with Crippen LogP contribution >= 0.6 is 11.6 Å². The molecule has 0 saturated heterocycles. The third-order valence-corrected chi connectivity index (χ3v) is 5.15. The van der Waals surface area contributed by atoms with Crippen molar-refractivity contribution in [3.8, 4) is 0 Å². The molecule has 1 atom stereocenters. The second-order valence-electron chi connectivity index (χ2n) is 6.49. The van der Waals surface area contributed by atoms with Crippen molar-refractivity contribution < 1.29 is 9.90 Å². The number of pyridine rings is 1. The third-order valence-electron chi connectivity index (χ3n) is 4.95. The van der Waals surface area contributed by atoms with E-state index in [4.69, 9.17) is 11.6 Å². The molecule has 26 heavy (non-hydrogen) atoms. The fourth-order valence-electron chi connectivity index (χ4n) is 3.73. The highest BCUT2D eigenvalue weighted by Gasteiger charge is 2.29. The number of nitrogens with zero attached hydrogens (tertiary/aromatic N) is 5. The normalized spacial score (nSPS) is 16.5. The number of carboxylic acids is 1. The molecule has 1 aliphatic rings. The van der Waals surface area contributed by atoms with Gasteiger partial charge < -0.3 is 14.6 Å². The van der Waals surface area contributed by atoms with Gasteiger partial charge in [0.15, 0.2) is 0 Å². The Balaban J connectivity index is 1.70. The molecule has 1 N–H and O–H groups in total. The van der Waals surface area contributed by atoms with Gasteiger partial charge in [-0.05, 0) is 31.4 Å². The Hall–Kier alpha value is -2.67. The smallest absolute Gasteiger partial charge is 0.323 e. The van der Waals surface area contributed by atoms with Gasteiger partial charge in [0.25, 0.3) is 0 Å². The molecule has 0 amide bonds. The number of likely N-dealkylation sites (N-methyl/N-ethyl adjacent to an activating group) is 1. The molecule has 0 saturated carbocycles. The minimum Gasteiger partial charge on any atom is -0.480 e. The van der Waals surface area contributed by atoms with Gasteiger partial charge in [-0.1, -0.05) is 11.6 Å². The Labute approximate surface area is 155 Å². The molecule has 3 aromatic heterocycles. The molecule has 0 fully saturated rings. The Morgan fingerprint density at radius 1 is 1.38 bits per heavy atom. The monoisotopic (exact) mass is 371 g/mol. The number of halogens is 1. The van der Waals surface area contributed by atoms with Gasteiger partial charge in [0.05, 0.1) is 28.4 Å². The molecule has 0 aromatic carbocycles. The van der Waals surface area contributed by atoms with Gasteiger partial charge in [-0.25, -0.2) is 9.97 Å². The minimum absolute atomic E-state index is 0.0433. The zero-order chi connectivity index (χ0) is 18.3. The van der Waals surface area contributed by atoms with Gasteiger partial charge in [-0.3, -0.25) is 9.78 Å². The quantitative estimate of drug-likeness (QED) is 0.758. The fraction of sp³-hybridized carbons (Fsp3) is 0.333. The van der Waals surface area contributed by atoms with Crippen LogP contribution in [0, 0.1) is 0 Å². The first-order valence-electron chi connectivity index (χ1n) is 8.41. The van der Waals surface area contributed by atoms with Crippen molar-refractivity contribution in [2.75, 3.05) is 11.9 Å². The lowest BCUT2D eigenvalue weighted by molar-refractivity contribution is -0.137. The van der Waals surface area contributed by atoms with E-state index >= 15 is 0 Å². The predicted octanol–water partition coefficient (Wildman–Crippen LogP) is 2.56. The molecule has 1 aliphatic carbocycles.